The number of benzene rings is 2. The van der Waals surface area contributed by atoms with Crippen LogP contribution in [0.3, 0.4) is 0 Å². The van der Waals surface area contributed by atoms with Crippen molar-refractivity contribution in [1.29, 1.82) is 0 Å². The van der Waals surface area contributed by atoms with E-state index in [-0.39, 0.29) is 11.1 Å². The first-order valence-corrected chi connectivity index (χ1v) is 11.8. The third-order valence-corrected chi connectivity index (χ3v) is 6.93. The van der Waals surface area contributed by atoms with Crippen molar-refractivity contribution in [3.63, 3.8) is 0 Å². The summed E-state index contributed by atoms with van der Waals surface area (Å²) in [5, 5.41) is 13.7. The third-order valence-electron chi connectivity index (χ3n) is 5.82. The summed E-state index contributed by atoms with van der Waals surface area (Å²) >= 11 is 1.69. The lowest BCUT2D eigenvalue weighted by atomic mass is 9.95. The Morgan fingerprint density at radius 2 is 1.90 bits per heavy atom. The van der Waals surface area contributed by atoms with Gasteiger partial charge < -0.3 is 14.6 Å². The van der Waals surface area contributed by atoms with Gasteiger partial charge in [0.25, 0.3) is 0 Å². The van der Waals surface area contributed by atoms with Crippen LogP contribution in [0.5, 0.6) is 5.75 Å². The summed E-state index contributed by atoms with van der Waals surface area (Å²) in [5.74, 6) is 1.56. The molecule has 4 rings (SSSR count). The zero-order chi connectivity index (χ0) is 21.6. The summed E-state index contributed by atoms with van der Waals surface area (Å²) in [6.07, 6.45) is 6.09. The van der Waals surface area contributed by atoms with Crippen molar-refractivity contribution in [3.05, 3.63) is 65.7 Å². The van der Waals surface area contributed by atoms with E-state index in [1.165, 1.54) is 31.4 Å². The summed E-state index contributed by atoms with van der Waals surface area (Å²) in [6, 6.07) is 15.1. The van der Waals surface area contributed by atoms with Crippen molar-refractivity contribution in [2.75, 3.05) is 12.4 Å². The van der Waals surface area contributed by atoms with Crippen LogP contribution in [0.15, 0.2) is 53.7 Å². The Hall–Kier alpha value is -2.54. The standard InChI is InChI=1S/C24H29FN4OS/c1-17(18-11-13-19(25)14-12-18)31-24-28-27-23(29(24)21-8-4-3-5-9-21)16-26-20-7-6-10-22(15-20)30-2/h6-7,10-15,17,21,26H,3-5,8-9,16H2,1-2H3. The summed E-state index contributed by atoms with van der Waals surface area (Å²) in [5.41, 5.74) is 2.08. The van der Waals surface area contributed by atoms with Crippen LogP contribution in [0.1, 0.15) is 61.7 Å². The Balaban J connectivity index is 1.55. The molecule has 1 atom stereocenters. The van der Waals surface area contributed by atoms with Gasteiger partial charge in [-0.3, -0.25) is 0 Å². The molecule has 0 amide bonds. The fourth-order valence-corrected chi connectivity index (χ4v) is 5.15. The molecule has 1 aliphatic carbocycles. The van der Waals surface area contributed by atoms with Crippen LogP contribution in [-0.2, 0) is 6.54 Å². The highest BCUT2D eigenvalue weighted by molar-refractivity contribution is 7.99. The highest BCUT2D eigenvalue weighted by Crippen LogP contribution is 2.38. The van der Waals surface area contributed by atoms with Crippen molar-refractivity contribution in [1.82, 2.24) is 14.8 Å². The monoisotopic (exact) mass is 440 g/mol. The molecular weight excluding hydrogens is 411 g/mol. The third kappa shape index (κ3) is 5.39. The Bertz CT molecular complexity index is 985. The fourth-order valence-electron chi connectivity index (χ4n) is 4.09. The second-order valence-corrected chi connectivity index (χ2v) is 9.27. The van der Waals surface area contributed by atoms with Crippen molar-refractivity contribution in [2.45, 2.75) is 62.0 Å². The van der Waals surface area contributed by atoms with Gasteiger partial charge in [-0.2, -0.15) is 0 Å². The molecule has 1 fully saturated rings. The van der Waals surface area contributed by atoms with Gasteiger partial charge in [0, 0.05) is 23.0 Å². The molecule has 1 aliphatic rings. The number of anilines is 1. The average molecular weight is 441 g/mol. The minimum absolute atomic E-state index is 0.159. The molecule has 31 heavy (non-hydrogen) atoms. The number of methoxy groups -OCH3 is 1. The maximum Gasteiger partial charge on any atom is 0.192 e. The van der Waals surface area contributed by atoms with Gasteiger partial charge in [-0.15, -0.1) is 10.2 Å². The number of halogens is 1. The van der Waals surface area contributed by atoms with Gasteiger partial charge in [0.05, 0.1) is 13.7 Å². The minimum atomic E-state index is -0.211. The highest BCUT2D eigenvalue weighted by Gasteiger charge is 2.24. The van der Waals surface area contributed by atoms with E-state index in [9.17, 15) is 4.39 Å². The number of rotatable bonds is 8. The summed E-state index contributed by atoms with van der Waals surface area (Å²) in [4.78, 5) is 0. The van der Waals surface area contributed by atoms with Gasteiger partial charge in [0.1, 0.15) is 11.6 Å². The van der Waals surface area contributed by atoms with Crippen molar-refractivity contribution in [2.24, 2.45) is 0 Å². The SMILES string of the molecule is COc1cccc(NCc2nnc(SC(C)c3ccc(F)cc3)n2C2CCCCC2)c1. The molecule has 0 saturated heterocycles. The van der Waals surface area contributed by atoms with Crippen LogP contribution >= 0.6 is 11.8 Å². The van der Waals surface area contributed by atoms with Crippen LogP contribution in [-0.4, -0.2) is 21.9 Å². The fraction of sp³-hybridized carbons (Fsp3) is 0.417. The number of aromatic nitrogens is 3. The number of nitrogens with zero attached hydrogens (tertiary/aromatic N) is 3. The van der Waals surface area contributed by atoms with Crippen LogP contribution in [0, 0.1) is 5.82 Å². The van der Waals surface area contributed by atoms with E-state index >= 15 is 0 Å². The molecule has 1 heterocycles. The summed E-state index contributed by atoms with van der Waals surface area (Å²) < 4.78 is 21.0. The van der Waals surface area contributed by atoms with Crippen molar-refractivity contribution >= 4 is 17.4 Å². The molecule has 0 aliphatic heterocycles. The number of hydrogen-bond acceptors (Lipinski definition) is 5. The van der Waals surface area contributed by atoms with Crippen molar-refractivity contribution < 1.29 is 9.13 Å². The smallest absolute Gasteiger partial charge is 0.192 e. The molecule has 1 unspecified atom stereocenters. The molecule has 3 aromatic rings. The number of ether oxygens (including phenoxy) is 1. The predicted octanol–water partition coefficient (Wildman–Crippen LogP) is 6.40. The Morgan fingerprint density at radius 3 is 2.65 bits per heavy atom. The van der Waals surface area contributed by atoms with Gasteiger partial charge in [0.15, 0.2) is 11.0 Å². The van der Waals surface area contributed by atoms with E-state index in [0.29, 0.717) is 12.6 Å². The maximum absolute atomic E-state index is 13.3. The summed E-state index contributed by atoms with van der Waals surface area (Å²) in [7, 11) is 1.67. The molecule has 0 bridgehead atoms. The highest BCUT2D eigenvalue weighted by atomic mass is 32.2. The quantitative estimate of drug-likeness (QED) is 0.411. The van der Waals surface area contributed by atoms with E-state index in [0.717, 1.165) is 40.8 Å². The van der Waals surface area contributed by atoms with E-state index < -0.39 is 0 Å². The first-order chi connectivity index (χ1) is 15.1. The van der Waals surface area contributed by atoms with Gasteiger partial charge in [-0.05, 0) is 49.6 Å². The molecule has 7 heteroatoms. The Morgan fingerprint density at radius 1 is 1.13 bits per heavy atom. The first-order valence-electron chi connectivity index (χ1n) is 10.9. The Labute approximate surface area is 187 Å². The van der Waals surface area contributed by atoms with Crippen molar-refractivity contribution in [3.8, 4) is 5.75 Å². The molecule has 0 spiro atoms. The molecule has 1 aromatic heterocycles. The van der Waals surface area contributed by atoms with Gasteiger partial charge in [0.2, 0.25) is 0 Å². The lowest BCUT2D eigenvalue weighted by molar-refractivity contribution is 0.330. The minimum Gasteiger partial charge on any atom is -0.497 e. The van der Waals surface area contributed by atoms with Gasteiger partial charge >= 0.3 is 0 Å². The molecule has 164 valence electrons. The number of thioether (sulfide) groups is 1. The second kappa shape index (κ2) is 10.2. The first kappa shape index (κ1) is 21.7. The zero-order valence-electron chi connectivity index (χ0n) is 18.1. The molecule has 5 nitrogen and oxygen atoms in total. The van der Waals surface area contributed by atoms with E-state index in [1.807, 2.05) is 36.4 Å². The average Bonchev–Trinajstić information content (AvgIpc) is 3.21. The number of nitrogens with one attached hydrogen (secondary N) is 1. The van der Waals surface area contributed by atoms with Crippen LogP contribution in [0.2, 0.25) is 0 Å². The molecule has 1 N–H and O–H groups in total. The van der Waals surface area contributed by atoms with Gasteiger partial charge in [-0.1, -0.05) is 49.2 Å². The van der Waals surface area contributed by atoms with Crippen LogP contribution in [0.4, 0.5) is 10.1 Å². The zero-order valence-corrected chi connectivity index (χ0v) is 18.9. The van der Waals surface area contributed by atoms with Gasteiger partial charge in [-0.25, -0.2) is 4.39 Å². The number of hydrogen-bond donors (Lipinski definition) is 1. The van der Waals surface area contributed by atoms with Crippen LogP contribution in [0.25, 0.3) is 0 Å². The lowest BCUT2D eigenvalue weighted by Crippen LogP contribution is -2.18. The maximum atomic E-state index is 13.3. The molecule has 0 radical (unpaired) electrons. The Kier molecular flexibility index (Phi) is 7.12. The molecular formula is C24H29FN4OS. The topological polar surface area (TPSA) is 52.0 Å². The predicted molar refractivity (Wildman–Crippen MR) is 123 cm³/mol. The van der Waals surface area contributed by atoms with E-state index in [4.69, 9.17) is 4.74 Å². The van der Waals surface area contributed by atoms with E-state index in [1.54, 1.807) is 18.9 Å². The normalized spacial score (nSPS) is 15.6. The lowest BCUT2D eigenvalue weighted by Gasteiger charge is -2.26. The second-order valence-electron chi connectivity index (χ2n) is 7.96. The van der Waals surface area contributed by atoms with Crippen LogP contribution < -0.4 is 10.1 Å². The molecule has 1 saturated carbocycles. The summed E-state index contributed by atoms with van der Waals surface area (Å²) in [6.45, 7) is 2.73. The van der Waals surface area contributed by atoms with E-state index in [2.05, 4.69) is 27.0 Å². The molecule has 2 aromatic carbocycles. The largest absolute Gasteiger partial charge is 0.497 e.